The maximum absolute atomic E-state index is 12.2. The molecule has 0 aliphatic carbocycles. The smallest absolute Gasteiger partial charge is 0.271 e. The van der Waals surface area contributed by atoms with E-state index in [0.717, 1.165) is 9.35 Å². The molecule has 7 heteroatoms. The fourth-order valence-electron chi connectivity index (χ4n) is 1.46. The first kappa shape index (κ1) is 14.4. The molecule has 0 aliphatic heterocycles. The number of anilines is 1. The van der Waals surface area contributed by atoms with Gasteiger partial charge in [0.15, 0.2) is 0 Å². The Labute approximate surface area is 124 Å². The minimum atomic E-state index is -3.56. The fourth-order valence-corrected chi connectivity index (χ4v) is 4.73. The van der Waals surface area contributed by atoms with E-state index in [1.165, 1.54) is 18.4 Å². The number of methoxy groups -OCH3 is 1. The van der Waals surface area contributed by atoms with Crippen LogP contribution in [0.1, 0.15) is 5.56 Å². The number of aryl methyl sites for hydroxylation is 1. The number of halogens is 1. The van der Waals surface area contributed by atoms with Gasteiger partial charge in [0.1, 0.15) is 9.96 Å². The van der Waals surface area contributed by atoms with Gasteiger partial charge in [-0.15, -0.1) is 11.3 Å². The van der Waals surface area contributed by atoms with Crippen LogP contribution in [0.25, 0.3) is 0 Å². The first-order valence-corrected chi connectivity index (χ1v) is 8.44. The Balaban J connectivity index is 2.30. The summed E-state index contributed by atoms with van der Waals surface area (Å²) in [6.45, 7) is 1.85. The standard InChI is InChI=1S/C12H12BrNO3S2/c1-8-6-11(18-12(8)13)19(15,16)14-9-4-3-5-10(7-9)17-2/h3-7,14H,1-2H3. The van der Waals surface area contributed by atoms with Crippen molar-refractivity contribution >= 4 is 43.0 Å². The Kier molecular flexibility index (Phi) is 4.17. The zero-order chi connectivity index (χ0) is 14.0. The summed E-state index contributed by atoms with van der Waals surface area (Å²) in [4.78, 5) is 0. The molecule has 2 aromatic rings. The van der Waals surface area contributed by atoms with Crippen molar-refractivity contribution in [1.82, 2.24) is 0 Å². The van der Waals surface area contributed by atoms with E-state index in [4.69, 9.17) is 4.74 Å². The molecular formula is C12H12BrNO3S2. The lowest BCUT2D eigenvalue weighted by atomic mass is 10.3. The number of ether oxygens (including phenoxy) is 1. The van der Waals surface area contributed by atoms with Crippen LogP contribution in [0.15, 0.2) is 38.3 Å². The predicted molar refractivity (Wildman–Crippen MR) is 80.6 cm³/mol. The Morgan fingerprint density at radius 3 is 2.63 bits per heavy atom. The molecule has 0 atom stereocenters. The summed E-state index contributed by atoms with van der Waals surface area (Å²) >= 11 is 4.51. The van der Waals surface area contributed by atoms with Crippen molar-refractivity contribution in [2.45, 2.75) is 11.1 Å². The molecule has 1 heterocycles. The molecular weight excluding hydrogens is 350 g/mol. The number of hydrogen-bond acceptors (Lipinski definition) is 4. The molecule has 0 aliphatic rings. The third kappa shape index (κ3) is 3.29. The van der Waals surface area contributed by atoms with Crippen molar-refractivity contribution in [2.24, 2.45) is 0 Å². The van der Waals surface area contributed by atoms with Crippen LogP contribution in [-0.2, 0) is 10.0 Å². The number of thiophene rings is 1. The summed E-state index contributed by atoms with van der Waals surface area (Å²) in [7, 11) is -2.02. The third-order valence-corrected chi connectivity index (χ3v) is 6.41. The summed E-state index contributed by atoms with van der Waals surface area (Å²) in [6.07, 6.45) is 0. The summed E-state index contributed by atoms with van der Waals surface area (Å²) < 4.78 is 33.1. The van der Waals surface area contributed by atoms with Gasteiger partial charge in [-0.25, -0.2) is 8.42 Å². The quantitative estimate of drug-likeness (QED) is 0.904. The number of sulfonamides is 1. The topological polar surface area (TPSA) is 55.4 Å². The van der Waals surface area contributed by atoms with Gasteiger partial charge in [0.25, 0.3) is 10.0 Å². The lowest BCUT2D eigenvalue weighted by Crippen LogP contribution is -2.11. The maximum atomic E-state index is 12.2. The molecule has 0 saturated heterocycles. The van der Waals surface area contributed by atoms with Gasteiger partial charge in [0.2, 0.25) is 0 Å². The third-order valence-electron chi connectivity index (χ3n) is 2.42. The molecule has 4 nitrogen and oxygen atoms in total. The zero-order valence-corrected chi connectivity index (χ0v) is 13.5. The number of benzene rings is 1. The van der Waals surface area contributed by atoms with E-state index in [1.54, 1.807) is 30.3 Å². The monoisotopic (exact) mass is 361 g/mol. The summed E-state index contributed by atoms with van der Waals surface area (Å²) in [6, 6.07) is 8.43. The second-order valence-corrected chi connectivity index (χ2v) is 8.14. The van der Waals surface area contributed by atoms with E-state index in [2.05, 4.69) is 20.7 Å². The predicted octanol–water partition coefficient (Wildman–Crippen LogP) is 3.63. The highest BCUT2D eigenvalue weighted by atomic mass is 79.9. The van der Waals surface area contributed by atoms with Gasteiger partial charge in [-0.2, -0.15) is 0 Å². The van der Waals surface area contributed by atoms with Crippen molar-refractivity contribution < 1.29 is 13.2 Å². The van der Waals surface area contributed by atoms with E-state index < -0.39 is 10.0 Å². The summed E-state index contributed by atoms with van der Waals surface area (Å²) in [5, 5.41) is 0. The molecule has 1 N–H and O–H groups in total. The summed E-state index contributed by atoms with van der Waals surface area (Å²) in [5.41, 5.74) is 1.37. The molecule has 0 radical (unpaired) electrons. The molecule has 102 valence electrons. The number of nitrogens with one attached hydrogen (secondary N) is 1. The number of rotatable bonds is 4. The van der Waals surface area contributed by atoms with Gasteiger partial charge >= 0.3 is 0 Å². The van der Waals surface area contributed by atoms with Crippen LogP contribution in [0.3, 0.4) is 0 Å². The minimum Gasteiger partial charge on any atom is -0.497 e. The second kappa shape index (κ2) is 5.52. The Hall–Kier alpha value is -1.05. The van der Waals surface area contributed by atoms with Crippen LogP contribution >= 0.6 is 27.3 Å². The molecule has 0 amide bonds. The zero-order valence-electron chi connectivity index (χ0n) is 10.3. The molecule has 1 aromatic carbocycles. The highest BCUT2D eigenvalue weighted by Gasteiger charge is 2.18. The normalized spacial score (nSPS) is 11.3. The van der Waals surface area contributed by atoms with Crippen molar-refractivity contribution in [3.05, 3.63) is 39.7 Å². The molecule has 0 fully saturated rings. The Morgan fingerprint density at radius 2 is 2.05 bits per heavy atom. The first-order valence-electron chi connectivity index (χ1n) is 5.35. The van der Waals surface area contributed by atoms with Crippen LogP contribution in [0.2, 0.25) is 0 Å². The van der Waals surface area contributed by atoms with Crippen molar-refractivity contribution in [3.63, 3.8) is 0 Å². The number of hydrogen-bond donors (Lipinski definition) is 1. The minimum absolute atomic E-state index is 0.277. The van der Waals surface area contributed by atoms with Gasteiger partial charge in [0.05, 0.1) is 16.6 Å². The van der Waals surface area contributed by atoms with E-state index in [0.29, 0.717) is 11.4 Å². The summed E-state index contributed by atoms with van der Waals surface area (Å²) in [5.74, 6) is 0.601. The highest BCUT2D eigenvalue weighted by Crippen LogP contribution is 2.31. The Morgan fingerprint density at radius 1 is 1.32 bits per heavy atom. The van der Waals surface area contributed by atoms with Gasteiger partial charge in [-0.05, 0) is 46.6 Å². The average Bonchev–Trinajstić information content (AvgIpc) is 2.70. The lowest BCUT2D eigenvalue weighted by molar-refractivity contribution is 0.415. The van der Waals surface area contributed by atoms with Crippen LogP contribution in [0, 0.1) is 6.92 Å². The molecule has 0 bridgehead atoms. The van der Waals surface area contributed by atoms with Gasteiger partial charge < -0.3 is 4.74 Å². The molecule has 0 spiro atoms. The van der Waals surface area contributed by atoms with Crippen LogP contribution in [0.5, 0.6) is 5.75 Å². The van der Waals surface area contributed by atoms with Crippen molar-refractivity contribution in [2.75, 3.05) is 11.8 Å². The van der Waals surface area contributed by atoms with E-state index in [-0.39, 0.29) is 4.21 Å². The van der Waals surface area contributed by atoms with Gasteiger partial charge in [-0.3, -0.25) is 4.72 Å². The molecule has 1 aromatic heterocycles. The maximum Gasteiger partial charge on any atom is 0.271 e. The molecule has 19 heavy (non-hydrogen) atoms. The largest absolute Gasteiger partial charge is 0.497 e. The van der Waals surface area contributed by atoms with Crippen molar-refractivity contribution in [1.29, 1.82) is 0 Å². The second-order valence-electron chi connectivity index (χ2n) is 3.86. The molecule has 2 rings (SSSR count). The van der Waals surface area contributed by atoms with E-state index in [1.807, 2.05) is 6.92 Å². The first-order chi connectivity index (χ1) is 8.92. The lowest BCUT2D eigenvalue weighted by Gasteiger charge is -2.07. The SMILES string of the molecule is COc1cccc(NS(=O)(=O)c2cc(C)c(Br)s2)c1. The molecule has 0 unspecified atom stereocenters. The van der Waals surface area contributed by atoms with E-state index >= 15 is 0 Å². The van der Waals surface area contributed by atoms with Crippen molar-refractivity contribution in [3.8, 4) is 5.75 Å². The van der Waals surface area contributed by atoms with Crippen LogP contribution in [0.4, 0.5) is 5.69 Å². The van der Waals surface area contributed by atoms with E-state index in [9.17, 15) is 8.42 Å². The van der Waals surface area contributed by atoms with Crippen LogP contribution in [-0.4, -0.2) is 15.5 Å². The Bertz CT molecular complexity index is 675. The van der Waals surface area contributed by atoms with Crippen LogP contribution < -0.4 is 9.46 Å². The highest BCUT2D eigenvalue weighted by molar-refractivity contribution is 9.11. The average molecular weight is 362 g/mol. The molecule has 0 saturated carbocycles. The van der Waals surface area contributed by atoms with Gasteiger partial charge in [0, 0.05) is 6.07 Å². The van der Waals surface area contributed by atoms with Gasteiger partial charge in [-0.1, -0.05) is 6.07 Å². The fraction of sp³-hybridized carbons (Fsp3) is 0.167.